The van der Waals surface area contributed by atoms with Gasteiger partial charge in [-0.3, -0.25) is 14.9 Å². The van der Waals surface area contributed by atoms with Gasteiger partial charge in [0.2, 0.25) is 5.91 Å². The number of likely N-dealkylation sites (tertiary alicyclic amines) is 1. The molecular weight excluding hydrogens is 474 g/mol. The van der Waals surface area contributed by atoms with Crippen LogP contribution in [0.15, 0.2) is 48.5 Å². The second-order valence-electron chi connectivity index (χ2n) is 10.4. The Morgan fingerprint density at radius 3 is 2.59 bits per heavy atom. The number of imide groups is 1. The molecule has 10 heteroatoms. The molecule has 2 bridgehead atoms. The number of benzene rings is 2. The fourth-order valence-electron chi connectivity index (χ4n) is 5.96. The number of hydrogen-bond donors (Lipinski definition) is 2. The molecule has 192 valence electrons. The summed E-state index contributed by atoms with van der Waals surface area (Å²) in [5.41, 5.74) is 2.51. The SMILES string of the molecule is CN1C(=O)NC(=O)[C@@]12Cc1ccc(NC(=O)CN(Cc3ccccc3)C(=O)N3CC4CC3CO4)cc1C2. The number of likely N-dealkylation sites (N-methyl/N-ethyl adjacent to an activating group) is 1. The Kier molecular flexibility index (Phi) is 5.63. The highest BCUT2D eigenvalue weighted by Crippen LogP contribution is 2.38. The lowest BCUT2D eigenvalue weighted by Gasteiger charge is -2.33. The van der Waals surface area contributed by atoms with Crippen molar-refractivity contribution in [3.8, 4) is 0 Å². The topological polar surface area (TPSA) is 111 Å². The van der Waals surface area contributed by atoms with Crippen LogP contribution in [0.2, 0.25) is 0 Å². The molecular formula is C27H29N5O5. The van der Waals surface area contributed by atoms with Crippen molar-refractivity contribution in [3.63, 3.8) is 0 Å². The maximum atomic E-state index is 13.5. The molecule has 3 heterocycles. The number of nitrogens with one attached hydrogen (secondary N) is 2. The van der Waals surface area contributed by atoms with Gasteiger partial charge in [-0.25, -0.2) is 9.59 Å². The molecule has 1 aliphatic carbocycles. The van der Waals surface area contributed by atoms with E-state index in [1.54, 1.807) is 18.0 Å². The lowest BCUT2D eigenvalue weighted by molar-refractivity contribution is -0.125. The molecule has 37 heavy (non-hydrogen) atoms. The van der Waals surface area contributed by atoms with Gasteiger partial charge in [0.15, 0.2) is 0 Å². The van der Waals surface area contributed by atoms with Crippen molar-refractivity contribution >= 4 is 29.6 Å². The molecule has 2 unspecified atom stereocenters. The molecule has 2 aromatic rings. The minimum atomic E-state index is -0.917. The summed E-state index contributed by atoms with van der Waals surface area (Å²) in [5.74, 6) is -0.596. The highest BCUT2D eigenvalue weighted by atomic mass is 16.5. The molecule has 6 rings (SSSR count). The van der Waals surface area contributed by atoms with Gasteiger partial charge < -0.3 is 24.8 Å². The maximum absolute atomic E-state index is 13.5. The zero-order valence-corrected chi connectivity index (χ0v) is 20.6. The van der Waals surface area contributed by atoms with E-state index >= 15 is 0 Å². The molecule has 0 saturated carbocycles. The van der Waals surface area contributed by atoms with Gasteiger partial charge in [0.05, 0.1) is 18.8 Å². The quantitative estimate of drug-likeness (QED) is 0.604. The predicted molar refractivity (Wildman–Crippen MR) is 134 cm³/mol. The van der Waals surface area contributed by atoms with Crippen LogP contribution in [-0.4, -0.2) is 83.0 Å². The van der Waals surface area contributed by atoms with Crippen molar-refractivity contribution in [1.82, 2.24) is 20.0 Å². The van der Waals surface area contributed by atoms with Crippen LogP contribution in [0.4, 0.5) is 15.3 Å². The number of urea groups is 2. The third-order valence-corrected chi connectivity index (χ3v) is 8.01. The van der Waals surface area contributed by atoms with Gasteiger partial charge in [0, 0.05) is 38.7 Å². The third-order valence-electron chi connectivity index (χ3n) is 8.01. The number of rotatable bonds is 5. The first-order valence-electron chi connectivity index (χ1n) is 12.5. The second-order valence-corrected chi connectivity index (χ2v) is 10.4. The van der Waals surface area contributed by atoms with Crippen molar-refractivity contribution < 1.29 is 23.9 Å². The molecule has 4 aliphatic rings. The average molecular weight is 504 g/mol. The Balaban J connectivity index is 1.16. The van der Waals surface area contributed by atoms with Crippen LogP contribution in [0.25, 0.3) is 0 Å². The van der Waals surface area contributed by atoms with Gasteiger partial charge in [-0.05, 0) is 35.2 Å². The predicted octanol–water partition coefficient (Wildman–Crippen LogP) is 1.74. The zero-order valence-electron chi connectivity index (χ0n) is 20.6. The van der Waals surface area contributed by atoms with Gasteiger partial charge >= 0.3 is 12.1 Å². The van der Waals surface area contributed by atoms with Crippen molar-refractivity contribution in [1.29, 1.82) is 0 Å². The Bertz CT molecular complexity index is 1280. The molecule has 3 aliphatic heterocycles. The maximum Gasteiger partial charge on any atom is 0.324 e. The van der Waals surface area contributed by atoms with Crippen LogP contribution in [0, 0.1) is 0 Å². The normalized spacial score (nSPS) is 25.5. The van der Waals surface area contributed by atoms with Gasteiger partial charge in [0.25, 0.3) is 5.91 Å². The number of ether oxygens (including phenoxy) is 1. The fourth-order valence-corrected chi connectivity index (χ4v) is 5.96. The first-order chi connectivity index (χ1) is 17.8. The third kappa shape index (κ3) is 4.11. The van der Waals surface area contributed by atoms with E-state index in [-0.39, 0.29) is 36.5 Å². The van der Waals surface area contributed by atoms with E-state index in [0.717, 1.165) is 23.1 Å². The van der Waals surface area contributed by atoms with E-state index in [1.165, 1.54) is 4.90 Å². The number of fused-ring (bicyclic) bond motifs is 3. The largest absolute Gasteiger partial charge is 0.374 e. The van der Waals surface area contributed by atoms with Crippen molar-refractivity contribution in [2.45, 2.75) is 43.5 Å². The minimum Gasteiger partial charge on any atom is -0.374 e. The van der Waals surface area contributed by atoms with Gasteiger partial charge in [-0.1, -0.05) is 36.4 Å². The number of morpholine rings is 1. The van der Waals surface area contributed by atoms with E-state index in [2.05, 4.69) is 10.6 Å². The van der Waals surface area contributed by atoms with E-state index in [4.69, 9.17) is 4.74 Å². The Morgan fingerprint density at radius 1 is 1.14 bits per heavy atom. The highest BCUT2D eigenvalue weighted by molar-refractivity contribution is 6.07. The van der Waals surface area contributed by atoms with Crippen LogP contribution < -0.4 is 10.6 Å². The average Bonchev–Trinajstić information content (AvgIpc) is 3.65. The molecule has 2 aromatic carbocycles. The lowest BCUT2D eigenvalue weighted by atomic mass is 9.95. The summed E-state index contributed by atoms with van der Waals surface area (Å²) in [6.45, 7) is 1.32. The molecule has 0 radical (unpaired) electrons. The van der Waals surface area contributed by atoms with Crippen molar-refractivity contribution in [2.75, 3.05) is 32.1 Å². The number of amides is 6. The number of anilines is 1. The Hall–Kier alpha value is -3.92. The summed E-state index contributed by atoms with van der Waals surface area (Å²) < 4.78 is 5.64. The van der Waals surface area contributed by atoms with E-state index in [9.17, 15) is 19.2 Å². The first kappa shape index (κ1) is 23.5. The summed E-state index contributed by atoms with van der Waals surface area (Å²) in [4.78, 5) is 56.0. The molecule has 3 atom stereocenters. The highest BCUT2D eigenvalue weighted by Gasteiger charge is 2.54. The van der Waals surface area contributed by atoms with Gasteiger partial charge in [-0.15, -0.1) is 0 Å². The summed E-state index contributed by atoms with van der Waals surface area (Å²) >= 11 is 0. The smallest absolute Gasteiger partial charge is 0.324 e. The zero-order chi connectivity index (χ0) is 25.7. The Morgan fingerprint density at radius 2 is 1.92 bits per heavy atom. The molecule has 1 spiro atoms. The summed E-state index contributed by atoms with van der Waals surface area (Å²) in [6, 6.07) is 14.7. The molecule has 3 saturated heterocycles. The van der Waals surface area contributed by atoms with E-state index < -0.39 is 11.6 Å². The van der Waals surface area contributed by atoms with Crippen LogP contribution in [0.5, 0.6) is 0 Å². The monoisotopic (exact) mass is 503 g/mol. The summed E-state index contributed by atoms with van der Waals surface area (Å²) in [5, 5.41) is 5.32. The minimum absolute atomic E-state index is 0.0562. The molecule has 3 fully saturated rings. The number of carbonyl (C=O) groups is 4. The van der Waals surface area contributed by atoms with Gasteiger partial charge in [-0.2, -0.15) is 0 Å². The number of hydrogen-bond acceptors (Lipinski definition) is 5. The van der Waals surface area contributed by atoms with E-state index in [0.29, 0.717) is 38.2 Å². The number of carbonyl (C=O) groups excluding carboxylic acids is 4. The molecule has 2 N–H and O–H groups in total. The fraction of sp³-hybridized carbons (Fsp3) is 0.407. The molecule has 6 amide bonds. The Labute approximate surface area is 214 Å². The van der Waals surface area contributed by atoms with Crippen LogP contribution in [-0.2, 0) is 33.7 Å². The van der Waals surface area contributed by atoms with Crippen molar-refractivity contribution in [3.05, 3.63) is 65.2 Å². The lowest BCUT2D eigenvalue weighted by Crippen LogP contribution is -2.50. The first-order valence-corrected chi connectivity index (χ1v) is 12.5. The molecule has 10 nitrogen and oxygen atoms in total. The number of nitrogens with zero attached hydrogens (tertiary/aromatic N) is 3. The summed E-state index contributed by atoms with van der Waals surface area (Å²) in [7, 11) is 1.63. The van der Waals surface area contributed by atoms with Gasteiger partial charge in [0.1, 0.15) is 12.1 Å². The molecule has 0 aromatic heterocycles. The van der Waals surface area contributed by atoms with E-state index in [1.807, 2.05) is 47.4 Å². The second kappa shape index (κ2) is 8.88. The van der Waals surface area contributed by atoms with Crippen molar-refractivity contribution in [2.24, 2.45) is 0 Å². The van der Waals surface area contributed by atoms with Crippen LogP contribution in [0.3, 0.4) is 0 Å². The van der Waals surface area contributed by atoms with Crippen LogP contribution >= 0.6 is 0 Å². The standard InChI is InChI=1S/C27H29N5O5/c1-30-25(35)29-24(34)27(30)11-18-7-8-20(9-19(18)12-27)28-23(33)15-31(13-17-5-3-2-4-6-17)26(36)32-14-22-10-21(32)16-37-22/h2-9,21-22H,10-16H2,1H3,(H,28,33)(H,29,34,35)/t21?,22?,27-/m0/s1. The van der Waals surface area contributed by atoms with Crippen LogP contribution in [0.1, 0.15) is 23.1 Å². The summed E-state index contributed by atoms with van der Waals surface area (Å²) in [6.07, 6.45) is 1.74.